The van der Waals surface area contributed by atoms with Crippen molar-refractivity contribution in [3.63, 3.8) is 0 Å². The number of hydrogen-bond acceptors (Lipinski definition) is 2. The minimum Gasteiger partial charge on any atom is -0.279 e. The van der Waals surface area contributed by atoms with Gasteiger partial charge in [0.1, 0.15) is 11.3 Å². The smallest absolute Gasteiger partial charge is 0.164 e. The summed E-state index contributed by atoms with van der Waals surface area (Å²) in [6.45, 7) is 2.04. The van der Waals surface area contributed by atoms with Gasteiger partial charge in [0.2, 0.25) is 0 Å². The Labute approximate surface area is 134 Å². The van der Waals surface area contributed by atoms with Crippen LogP contribution in [0.25, 0.3) is 16.9 Å². The maximum absolute atomic E-state index is 6.03. The monoisotopic (exact) mass is 369 g/mol. The van der Waals surface area contributed by atoms with Crippen molar-refractivity contribution in [2.24, 2.45) is 0 Å². The first-order chi connectivity index (χ1) is 9.60. The van der Waals surface area contributed by atoms with Gasteiger partial charge >= 0.3 is 0 Å². The van der Waals surface area contributed by atoms with Crippen molar-refractivity contribution in [2.75, 3.05) is 0 Å². The third kappa shape index (κ3) is 2.32. The quantitative estimate of drug-likeness (QED) is 0.601. The standard InChI is InChI=1S/C14H10BrCl2N3/c1-8-2-3-10(15)12(4-8)20-13(6-16)19-11-5-9(17)7-18-14(11)20/h2-5,7H,6H2,1H3. The molecular formula is C14H10BrCl2N3. The number of aromatic nitrogens is 3. The van der Waals surface area contributed by atoms with Crippen LogP contribution in [0, 0.1) is 6.92 Å². The number of alkyl halides is 1. The van der Waals surface area contributed by atoms with Gasteiger partial charge in [-0.25, -0.2) is 9.97 Å². The molecule has 20 heavy (non-hydrogen) atoms. The number of halogens is 3. The normalized spacial score (nSPS) is 11.2. The Balaban J connectivity index is 2.37. The highest BCUT2D eigenvalue weighted by Gasteiger charge is 2.15. The Morgan fingerprint density at radius 2 is 2.10 bits per heavy atom. The van der Waals surface area contributed by atoms with Gasteiger partial charge in [-0.15, -0.1) is 11.6 Å². The molecule has 102 valence electrons. The van der Waals surface area contributed by atoms with Gasteiger partial charge in [0.05, 0.1) is 16.6 Å². The maximum Gasteiger partial charge on any atom is 0.164 e. The first kappa shape index (κ1) is 13.9. The molecular weight excluding hydrogens is 361 g/mol. The molecule has 0 unspecified atom stereocenters. The van der Waals surface area contributed by atoms with Gasteiger partial charge in [0, 0.05) is 10.7 Å². The van der Waals surface area contributed by atoms with Crippen LogP contribution < -0.4 is 0 Å². The highest BCUT2D eigenvalue weighted by molar-refractivity contribution is 9.10. The van der Waals surface area contributed by atoms with E-state index in [1.54, 1.807) is 12.3 Å². The van der Waals surface area contributed by atoms with Crippen molar-refractivity contribution < 1.29 is 0 Å². The van der Waals surface area contributed by atoms with Gasteiger partial charge < -0.3 is 0 Å². The third-order valence-electron chi connectivity index (χ3n) is 3.00. The van der Waals surface area contributed by atoms with E-state index in [0.29, 0.717) is 10.9 Å². The summed E-state index contributed by atoms with van der Waals surface area (Å²) in [6, 6.07) is 7.90. The summed E-state index contributed by atoms with van der Waals surface area (Å²) >= 11 is 15.6. The van der Waals surface area contributed by atoms with Crippen LogP contribution in [-0.4, -0.2) is 14.5 Å². The number of benzene rings is 1. The van der Waals surface area contributed by atoms with E-state index in [2.05, 4.69) is 32.0 Å². The molecule has 0 saturated carbocycles. The third-order valence-corrected chi connectivity index (χ3v) is 4.11. The van der Waals surface area contributed by atoms with Crippen LogP contribution in [0.4, 0.5) is 0 Å². The fourth-order valence-electron chi connectivity index (χ4n) is 2.12. The van der Waals surface area contributed by atoms with Crippen molar-refractivity contribution >= 4 is 50.3 Å². The van der Waals surface area contributed by atoms with Crippen LogP contribution in [0.15, 0.2) is 34.9 Å². The largest absolute Gasteiger partial charge is 0.279 e. The summed E-state index contributed by atoms with van der Waals surface area (Å²) in [5.41, 5.74) is 3.61. The first-order valence-corrected chi connectivity index (χ1v) is 7.66. The zero-order valence-electron chi connectivity index (χ0n) is 10.6. The lowest BCUT2D eigenvalue weighted by molar-refractivity contribution is 0.963. The SMILES string of the molecule is Cc1ccc(Br)c(-n2c(CCl)nc3cc(Cl)cnc32)c1. The predicted molar refractivity (Wildman–Crippen MR) is 85.9 cm³/mol. The Bertz CT molecular complexity index is 798. The van der Waals surface area contributed by atoms with Crippen molar-refractivity contribution in [2.45, 2.75) is 12.8 Å². The molecule has 2 aromatic heterocycles. The van der Waals surface area contributed by atoms with Crippen LogP contribution in [0.5, 0.6) is 0 Å². The van der Waals surface area contributed by atoms with Gasteiger partial charge in [0.15, 0.2) is 5.65 Å². The van der Waals surface area contributed by atoms with E-state index in [1.165, 1.54) is 0 Å². The summed E-state index contributed by atoms with van der Waals surface area (Å²) < 4.78 is 2.92. The molecule has 3 rings (SSSR count). The molecule has 0 aliphatic rings. The van der Waals surface area contributed by atoms with Crippen LogP contribution in [-0.2, 0) is 5.88 Å². The number of hydrogen-bond donors (Lipinski definition) is 0. The first-order valence-electron chi connectivity index (χ1n) is 5.95. The van der Waals surface area contributed by atoms with Gasteiger partial charge in [-0.05, 0) is 46.6 Å². The zero-order valence-corrected chi connectivity index (χ0v) is 13.7. The summed E-state index contributed by atoms with van der Waals surface area (Å²) in [4.78, 5) is 8.89. The zero-order chi connectivity index (χ0) is 14.3. The highest BCUT2D eigenvalue weighted by atomic mass is 79.9. The Hall–Kier alpha value is -1.10. The lowest BCUT2D eigenvalue weighted by Gasteiger charge is -2.10. The van der Waals surface area contributed by atoms with Gasteiger partial charge in [-0.2, -0.15) is 0 Å². The molecule has 0 spiro atoms. The van der Waals surface area contributed by atoms with E-state index in [1.807, 2.05) is 23.6 Å². The lowest BCUT2D eigenvalue weighted by Crippen LogP contribution is -2.01. The van der Waals surface area contributed by atoms with E-state index in [4.69, 9.17) is 23.2 Å². The van der Waals surface area contributed by atoms with Crippen molar-refractivity contribution in [3.8, 4) is 5.69 Å². The number of aryl methyl sites for hydroxylation is 1. The Morgan fingerprint density at radius 3 is 2.85 bits per heavy atom. The fraction of sp³-hybridized carbons (Fsp3) is 0.143. The van der Waals surface area contributed by atoms with E-state index in [-0.39, 0.29) is 0 Å². The number of imidazole rings is 1. The summed E-state index contributed by atoms with van der Waals surface area (Å²) in [5.74, 6) is 1.04. The van der Waals surface area contributed by atoms with E-state index in [0.717, 1.165) is 32.7 Å². The van der Waals surface area contributed by atoms with E-state index < -0.39 is 0 Å². The minimum absolute atomic E-state index is 0.300. The minimum atomic E-state index is 0.300. The van der Waals surface area contributed by atoms with Gasteiger partial charge in [-0.1, -0.05) is 17.7 Å². The average Bonchev–Trinajstić information content (AvgIpc) is 2.78. The predicted octanol–water partition coefficient (Wildman–Crippen LogP) is 4.88. The Morgan fingerprint density at radius 1 is 1.30 bits per heavy atom. The molecule has 3 aromatic rings. The van der Waals surface area contributed by atoms with Crippen molar-refractivity contribution in [3.05, 3.63) is 51.3 Å². The molecule has 3 nitrogen and oxygen atoms in total. The number of pyridine rings is 1. The maximum atomic E-state index is 6.03. The fourth-order valence-corrected chi connectivity index (χ4v) is 2.88. The summed E-state index contributed by atoms with van der Waals surface area (Å²) in [5, 5.41) is 0.562. The molecule has 6 heteroatoms. The molecule has 0 radical (unpaired) electrons. The van der Waals surface area contributed by atoms with Crippen LogP contribution >= 0.6 is 39.1 Å². The van der Waals surface area contributed by atoms with Crippen molar-refractivity contribution in [1.29, 1.82) is 0 Å². The summed E-state index contributed by atoms with van der Waals surface area (Å²) in [7, 11) is 0. The molecule has 0 N–H and O–H groups in total. The molecule has 0 atom stereocenters. The lowest BCUT2D eigenvalue weighted by atomic mass is 10.2. The molecule has 0 saturated heterocycles. The van der Waals surface area contributed by atoms with Gasteiger partial charge in [0.25, 0.3) is 0 Å². The molecule has 2 heterocycles. The second-order valence-corrected chi connectivity index (χ2v) is 6.01. The van der Waals surface area contributed by atoms with Crippen LogP contribution in [0.3, 0.4) is 0 Å². The van der Waals surface area contributed by atoms with Crippen LogP contribution in [0.1, 0.15) is 11.4 Å². The summed E-state index contributed by atoms with van der Waals surface area (Å²) in [6.07, 6.45) is 1.61. The molecule has 0 aliphatic carbocycles. The molecule has 0 amide bonds. The van der Waals surface area contributed by atoms with E-state index >= 15 is 0 Å². The van der Waals surface area contributed by atoms with E-state index in [9.17, 15) is 0 Å². The molecule has 1 aromatic carbocycles. The highest BCUT2D eigenvalue weighted by Crippen LogP contribution is 2.28. The second-order valence-electron chi connectivity index (χ2n) is 4.45. The molecule has 0 fully saturated rings. The molecule has 0 bridgehead atoms. The number of nitrogens with zero attached hydrogens (tertiary/aromatic N) is 3. The number of fused-ring (bicyclic) bond motifs is 1. The molecule has 0 aliphatic heterocycles. The topological polar surface area (TPSA) is 30.7 Å². The Kier molecular flexibility index (Phi) is 3.71. The second kappa shape index (κ2) is 5.35. The van der Waals surface area contributed by atoms with Crippen molar-refractivity contribution in [1.82, 2.24) is 14.5 Å². The number of rotatable bonds is 2. The average molecular weight is 371 g/mol. The van der Waals surface area contributed by atoms with Crippen LogP contribution in [0.2, 0.25) is 5.02 Å². The van der Waals surface area contributed by atoms with Gasteiger partial charge in [-0.3, -0.25) is 4.57 Å².